The van der Waals surface area contributed by atoms with Crippen molar-refractivity contribution in [2.24, 2.45) is 5.92 Å². The molecular weight excluding hydrogens is 349 g/mol. The number of hydrogen-bond donors (Lipinski definition) is 1. The molecule has 2 aromatic heterocycles. The van der Waals surface area contributed by atoms with Crippen LogP contribution in [0.3, 0.4) is 0 Å². The average Bonchev–Trinajstić information content (AvgIpc) is 3.26. The summed E-state index contributed by atoms with van der Waals surface area (Å²) in [5, 5.41) is 5.43. The van der Waals surface area contributed by atoms with Crippen LogP contribution in [0.2, 0.25) is 0 Å². The topological polar surface area (TPSA) is 46.9 Å². The molecular formula is C20H22FN3OS. The van der Waals surface area contributed by atoms with Crippen LogP contribution in [0.1, 0.15) is 42.0 Å². The lowest BCUT2D eigenvalue weighted by atomic mass is 10.0. The van der Waals surface area contributed by atoms with E-state index in [1.807, 2.05) is 5.38 Å². The number of carbonyl (C=O) groups is 1. The van der Waals surface area contributed by atoms with Crippen molar-refractivity contribution in [3.8, 4) is 0 Å². The SMILES string of the molecule is CCC(C)Cc1csc(NC(=O)c2cccn2Cc2ccccc2F)n1. The Morgan fingerprint density at radius 1 is 1.31 bits per heavy atom. The minimum Gasteiger partial charge on any atom is -0.339 e. The summed E-state index contributed by atoms with van der Waals surface area (Å²) in [6.45, 7) is 4.65. The van der Waals surface area contributed by atoms with E-state index in [1.165, 1.54) is 17.4 Å². The van der Waals surface area contributed by atoms with E-state index in [4.69, 9.17) is 0 Å². The lowest BCUT2D eigenvalue weighted by Gasteiger charge is -2.09. The Labute approximate surface area is 156 Å². The molecule has 1 unspecified atom stereocenters. The zero-order chi connectivity index (χ0) is 18.5. The molecule has 2 heterocycles. The molecule has 0 spiro atoms. The van der Waals surface area contributed by atoms with Gasteiger partial charge in [0.15, 0.2) is 5.13 Å². The second-order valence-corrected chi connectivity index (χ2v) is 7.29. The lowest BCUT2D eigenvalue weighted by Crippen LogP contribution is -2.17. The van der Waals surface area contributed by atoms with E-state index in [1.54, 1.807) is 41.1 Å². The molecule has 3 aromatic rings. The largest absolute Gasteiger partial charge is 0.339 e. The predicted octanol–water partition coefficient (Wildman–Crippen LogP) is 4.97. The Balaban J connectivity index is 1.70. The molecule has 1 N–H and O–H groups in total. The first kappa shape index (κ1) is 18.3. The van der Waals surface area contributed by atoms with Crippen LogP contribution in [-0.4, -0.2) is 15.5 Å². The number of nitrogens with zero attached hydrogens (tertiary/aromatic N) is 2. The van der Waals surface area contributed by atoms with Gasteiger partial charge in [-0.3, -0.25) is 10.1 Å². The number of nitrogens with one attached hydrogen (secondary N) is 1. The first-order valence-corrected chi connectivity index (χ1v) is 9.59. The number of rotatable bonds is 7. The predicted molar refractivity (Wildman–Crippen MR) is 103 cm³/mol. The van der Waals surface area contributed by atoms with Crippen LogP contribution in [-0.2, 0) is 13.0 Å². The summed E-state index contributed by atoms with van der Waals surface area (Å²) in [6.07, 6.45) is 3.78. The number of thiazole rings is 1. The van der Waals surface area contributed by atoms with Crippen molar-refractivity contribution in [1.82, 2.24) is 9.55 Å². The first-order chi connectivity index (χ1) is 12.6. The molecule has 0 aliphatic rings. The quantitative estimate of drug-likeness (QED) is 0.637. The molecule has 0 bridgehead atoms. The Hall–Kier alpha value is -2.47. The fraction of sp³-hybridized carbons (Fsp3) is 0.300. The average molecular weight is 371 g/mol. The Bertz CT molecular complexity index is 887. The van der Waals surface area contributed by atoms with Gasteiger partial charge in [0.2, 0.25) is 0 Å². The van der Waals surface area contributed by atoms with E-state index in [2.05, 4.69) is 24.1 Å². The number of aromatic nitrogens is 2. The van der Waals surface area contributed by atoms with E-state index in [0.29, 0.717) is 28.9 Å². The molecule has 0 saturated heterocycles. The molecule has 26 heavy (non-hydrogen) atoms. The molecule has 1 atom stereocenters. The first-order valence-electron chi connectivity index (χ1n) is 8.71. The van der Waals surface area contributed by atoms with Gasteiger partial charge in [-0.15, -0.1) is 11.3 Å². The summed E-state index contributed by atoms with van der Waals surface area (Å²) in [4.78, 5) is 17.1. The molecule has 0 aliphatic heterocycles. The summed E-state index contributed by atoms with van der Waals surface area (Å²) in [5.74, 6) is 0.0524. The van der Waals surface area contributed by atoms with Gasteiger partial charge in [-0.05, 0) is 30.5 Å². The minimum atomic E-state index is -0.276. The fourth-order valence-electron chi connectivity index (χ4n) is 2.69. The molecule has 3 rings (SSSR count). The molecule has 1 aromatic carbocycles. The molecule has 4 nitrogen and oxygen atoms in total. The van der Waals surface area contributed by atoms with Crippen molar-refractivity contribution >= 4 is 22.4 Å². The van der Waals surface area contributed by atoms with Crippen LogP contribution in [0, 0.1) is 11.7 Å². The number of carbonyl (C=O) groups excluding carboxylic acids is 1. The third-order valence-corrected chi connectivity index (χ3v) is 5.19. The van der Waals surface area contributed by atoms with Gasteiger partial charge in [0, 0.05) is 17.1 Å². The standard InChI is InChI=1S/C20H22FN3OS/c1-3-14(2)11-16-13-26-20(22-16)23-19(25)18-9-6-10-24(18)12-15-7-4-5-8-17(15)21/h4-10,13-14H,3,11-12H2,1-2H3,(H,22,23,25). The van der Waals surface area contributed by atoms with Gasteiger partial charge in [-0.25, -0.2) is 9.37 Å². The number of hydrogen-bond acceptors (Lipinski definition) is 3. The number of halogens is 1. The molecule has 0 fully saturated rings. The highest BCUT2D eigenvalue weighted by Gasteiger charge is 2.14. The minimum absolute atomic E-state index is 0.240. The summed E-state index contributed by atoms with van der Waals surface area (Å²) in [7, 11) is 0. The van der Waals surface area contributed by atoms with Crippen LogP contribution in [0.25, 0.3) is 0 Å². The Kier molecular flexibility index (Phi) is 5.83. The number of anilines is 1. The van der Waals surface area contributed by atoms with Crippen molar-refractivity contribution in [1.29, 1.82) is 0 Å². The van der Waals surface area contributed by atoms with Gasteiger partial charge in [-0.2, -0.15) is 0 Å². The van der Waals surface area contributed by atoms with Crippen LogP contribution in [0.5, 0.6) is 0 Å². The van der Waals surface area contributed by atoms with E-state index in [-0.39, 0.29) is 11.7 Å². The van der Waals surface area contributed by atoms with E-state index in [0.717, 1.165) is 18.5 Å². The van der Waals surface area contributed by atoms with Crippen molar-refractivity contribution in [3.63, 3.8) is 0 Å². The van der Waals surface area contributed by atoms with Crippen molar-refractivity contribution in [2.75, 3.05) is 5.32 Å². The van der Waals surface area contributed by atoms with Gasteiger partial charge in [-0.1, -0.05) is 38.5 Å². The fourth-order valence-corrected chi connectivity index (χ4v) is 3.41. The highest BCUT2D eigenvalue weighted by Crippen LogP contribution is 2.20. The second kappa shape index (κ2) is 8.27. The molecule has 0 aliphatic carbocycles. The van der Waals surface area contributed by atoms with Crippen LogP contribution in [0.15, 0.2) is 48.0 Å². The lowest BCUT2D eigenvalue weighted by molar-refractivity contribution is 0.101. The number of benzene rings is 1. The number of amides is 1. The van der Waals surface area contributed by atoms with E-state index in [9.17, 15) is 9.18 Å². The second-order valence-electron chi connectivity index (χ2n) is 6.43. The summed E-state index contributed by atoms with van der Waals surface area (Å²) in [5.41, 5.74) is 2.02. The maximum atomic E-state index is 13.9. The molecule has 6 heteroatoms. The van der Waals surface area contributed by atoms with Crippen LogP contribution < -0.4 is 5.32 Å². The smallest absolute Gasteiger partial charge is 0.274 e. The monoisotopic (exact) mass is 371 g/mol. The van der Waals surface area contributed by atoms with Gasteiger partial charge in [0.05, 0.1) is 12.2 Å². The summed E-state index contributed by atoms with van der Waals surface area (Å²) in [6, 6.07) is 10.1. The van der Waals surface area contributed by atoms with Crippen molar-refractivity contribution < 1.29 is 9.18 Å². The van der Waals surface area contributed by atoms with E-state index >= 15 is 0 Å². The van der Waals surface area contributed by atoms with E-state index < -0.39 is 0 Å². The zero-order valence-electron chi connectivity index (χ0n) is 14.9. The van der Waals surface area contributed by atoms with Gasteiger partial charge in [0.1, 0.15) is 11.5 Å². The van der Waals surface area contributed by atoms with Crippen LogP contribution >= 0.6 is 11.3 Å². The third kappa shape index (κ3) is 4.38. The normalized spacial score (nSPS) is 12.1. The van der Waals surface area contributed by atoms with Gasteiger partial charge < -0.3 is 4.57 Å². The maximum absolute atomic E-state index is 13.9. The van der Waals surface area contributed by atoms with Gasteiger partial charge >= 0.3 is 0 Å². The van der Waals surface area contributed by atoms with Crippen LogP contribution in [0.4, 0.5) is 9.52 Å². The molecule has 1 amide bonds. The van der Waals surface area contributed by atoms with Crippen molar-refractivity contribution in [3.05, 3.63) is 70.7 Å². The summed E-state index contributed by atoms with van der Waals surface area (Å²) >= 11 is 1.43. The Morgan fingerprint density at radius 2 is 2.12 bits per heavy atom. The highest BCUT2D eigenvalue weighted by atomic mass is 32.1. The Morgan fingerprint density at radius 3 is 2.88 bits per heavy atom. The molecule has 0 radical (unpaired) electrons. The summed E-state index contributed by atoms with van der Waals surface area (Å²) < 4.78 is 15.6. The maximum Gasteiger partial charge on any atom is 0.274 e. The van der Waals surface area contributed by atoms with Crippen molar-refractivity contribution in [2.45, 2.75) is 33.2 Å². The zero-order valence-corrected chi connectivity index (χ0v) is 15.7. The highest BCUT2D eigenvalue weighted by molar-refractivity contribution is 7.13. The van der Waals surface area contributed by atoms with Gasteiger partial charge in [0.25, 0.3) is 5.91 Å². The molecule has 0 saturated carbocycles. The molecule has 136 valence electrons. The third-order valence-electron chi connectivity index (χ3n) is 4.39.